The first kappa shape index (κ1) is 26.9. The average Bonchev–Trinajstić information content (AvgIpc) is 3.03. The Labute approximate surface area is 236 Å². The highest BCUT2D eigenvalue weighted by atomic mass is 16.2. The second kappa shape index (κ2) is 12.4. The minimum Gasteiger partial charge on any atom is -0.327 e. The van der Waals surface area contributed by atoms with Crippen molar-refractivity contribution in [3.63, 3.8) is 0 Å². The van der Waals surface area contributed by atoms with Crippen molar-refractivity contribution in [1.82, 2.24) is 9.80 Å². The van der Waals surface area contributed by atoms with Crippen LogP contribution in [0.1, 0.15) is 45.5 Å². The molecule has 0 fully saturated rings. The van der Waals surface area contributed by atoms with Gasteiger partial charge in [0.25, 0.3) is 0 Å². The smallest absolute Gasteiger partial charge is 0.246 e. The number of carbonyl (C=O) groups excluding carboxylic acids is 2. The first-order chi connectivity index (χ1) is 19.6. The Bertz CT molecular complexity index is 1380. The molecule has 2 atom stereocenters. The van der Waals surface area contributed by atoms with E-state index in [0.29, 0.717) is 13.1 Å². The number of fused-ring (bicyclic) bond motifs is 2. The van der Waals surface area contributed by atoms with Crippen molar-refractivity contribution in [1.29, 1.82) is 0 Å². The van der Waals surface area contributed by atoms with Crippen molar-refractivity contribution in [2.75, 3.05) is 0 Å². The van der Waals surface area contributed by atoms with Crippen molar-refractivity contribution in [2.45, 2.75) is 38.0 Å². The molecule has 2 aliphatic heterocycles. The van der Waals surface area contributed by atoms with Gasteiger partial charge in [0.05, 0.1) is 12.1 Å². The van der Waals surface area contributed by atoms with Gasteiger partial charge in [0.2, 0.25) is 11.8 Å². The maximum absolute atomic E-state index is 12.2. The second-order valence-corrected chi connectivity index (χ2v) is 10.1. The van der Waals surface area contributed by atoms with Crippen molar-refractivity contribution in [3.05, 3.63) is 168 Å². The Kier molecular flexibility index (Phi) is 8.36. The van der Waals surface area contributed by atoms with Crippen LogP contribution < -0.4 is 0 Å². The Hall–Kier alpha value is -4.70. The maximum Gasteiger partial charge on any atom is 0.246 e. The molecule has 6 rings (SSSR count). The first-order valence-electron chi connectivity index (χ1n) is 13.7. The van der Waals surface area contributed by atoms with Crippen LogP contribution >= 0.6 is 0 Å². The third-order valence-electron chi connectivity index (χ3n) is 7.78. The molecule has 0 bridgehead atoms. The molecule has 40 heavy (non-hydrogen) atoms. The average molecular weight is 527 g/mol. The van der Waals surface area contributed by atoms with Gasteiger partial charge in [-0.15, -0.1) is 0 Å². The van der Waals surface area contributed by atoms with Crippen LogP contribution in [0.2, 0.25) is 0 Å². The predicted octanol–water partition coefficient (Wildman–Crippen LogP) is 7.00. The topological polar surface area (TPSA) is 40.6 Å². The van der Waals surface area contributed by atoms with Gasteiger partial charge in [-0.1, -0.05) is 122 Å². The molecule has 0 radical (unpaired) electrons. The summed E-state index contributed by atoms with van der Waals surface area (Å²) in [5.41, 5.74) is 7.48. The summed E-state index contributed by atoms with van der Waals surface area (Å²) in [6.45, 7) is 8.56. The van der Waals surface area contributed by atoms with Crippen LogP contribution in [0.4, 0.5) is 0 Å². The van der Waals surface area contributed by atoms with Crippen LogP contribution in [0, 0.1) is 0 Å². The Balaban J connectivity index is 0.000000161. The Morgan fingerprint density at radius 2 is 0.850 bits per heavy atom. The lowest BCUT2D eigenvalue weighted by atomic mass is 9.90. The molecular weight excluding hydrogens is 492 g/mol. The van der Waals surface area contributed by atoms with Crippen LogP contribution in [0.15, 0.2) is 135 Å². The van der Waals surface area contributed by atoms with Gasteiger partial charge in [-0.3, -0.25) is 9.59 Å². The molecule has 4 heteroatoms. The van der Waals surface area contributed by atoms with Crippen LogP contribution in [-0.4, -0.2) is 21.6 Å². The second-order valence-electron chi connectivity index (χ2n) is 10.1. The van der Waals surface area contributed by atoms with E-state index in [1.807, 2.05) is 58.3 Å². The molecule has 4 aromatic rings. The monoisotopic (exact) mass is 526 g/mol. The molecule has 0 N–H and O–H groups in total. The molecule has 0 aromatic heterocycles. The highest BCUT2D eigenvalue weighted by molar-refractivity contribution is 5.88. The van der Waals surface area contributed by atoms with Gasteiger partial charge < -0.3 is 9.80 Å². The summed E-state index contributed by atoms with van der Waals surface area (Å²) in [5.74, 6) is -0.0123. The number of hydrogen-bond acceptors (Lipinski definition) is 2. The Morgan fingerprint density at radius 3 is 1.20 bits per heavy atom. The highest BCUT2D eigenvalue weighted by Crippen LogP contribution is 2.34. The number of benzene rings is 4. The van der Waals surface area contributed by atoms with E-state index >= 15 is 0 Å². The van der Waals surface area contributed by atoms with Gasteiger partial charge in [0.1, 0.15) is 0 Å². The number of nitrogens with zero attached hydrogens (tertiary/aromatic N) is 2. The lowest BCUT2D eigenvalue weighted by molar-refractivity contribution is -0.130. The van der Waals surface area contributed by atoms with E-state index in [4.69, 9.17) is 0 Å². The van der Waals surface area contributed by atoms with E-state index in [-0.39, 0.29) is 23.9 Å². The van der Waals surface area contributed by atoms with Gasteiger partial charge in [-0.2, -0.15) is 0 Å². The van der Waals surface area contributed by atoms with Crippen molar-refractivity contribution >= 4 is 11.8 Å². The van der Waals surface area contributed by atoms with Gasteiger partial charge in [0, 0.05) is 13.1 Å². The first-order valence-corrected chi connectivity index (χ1v) is 13.7. The summed E-state index contributed by atoms with van der Waals surface area (Å²) in [4.78, 5) is 28.2. The van der Waals surface area contributed by atoms with Gasteiger partial charge in [0.15, 0.2) is 0 Å². The Morgan fingerprint density at radius 1 is 0.525 bits per heavy atom. The fourth-order valence-corrected chi connectivity index (χ4v) is 5.69. The molecule has 0 saturated carbocycles. The molecule has 0 spiro atoms. The SMILES string of the molecule is C=CC(=O)N1Cc2ccccc2C[C@@H]1c1ccccc1.C=CC(=O)N1Cc2ccccc2C[C@H]1c1ccccc1. The molecular formula is C36H34N2O2. The summed E-state index contributed by atoms with van der Waals surface area (Å²) in [5, 5.41) is 0. The molecule has 0 unspecified atom stereocenters. The number of carbonyl (C=O) groups is 2. The van der Waals surface area contributed by atoms with Crippen LogP contribution in [0.25, 0.3) is 0 Å². The minimum atomic E-state index is -0.00615. The minimum absolute atomic E-state index is 0.00615. The highest BCUT2D eigenvalue weighted by Gasteiger charge is 2.30. The lowest BCUT2D eigenvalue weighted by Crippen LogP contribution is -2.37. The fourth-order valence-electron chi connectivity index (χ4n) is 5.69. The normalized spacial score (nSPS) is 17.4. The van der Waals surface area contributed by atoms with E-state index in [1.165, 1.54) is 45.5 Å². The zero-order chi connectivity index (χ0) is 27.9. The summed E-state index contributed by atoms with van der Waals surface area (Å²) in [6, 6.07) is 37.3. The summed E-state index contributed by atoms with van der Waals surface area (Å²) < 4.78 is 0. The fraction of sp³-hybridized carbons (Fsp3) is 0.167. The molecule has 2 amide bonds. The molecule has 4 aromatic carbocycles. The molecule has 4 nitrogen and oxygen atoms in total. The van der Waals surface area contributed by atoms with Gasteiger partial charge in [-0.05, 0) is 58.4 Å². The van der Waals surface area contributed by atoms with Crippen molar-refractivity contribution in [3.8, 4) is 0 Å². The molecule has 2 aliphatic rings. The summed E-state index contributed by atoms with van der Waals surface area (Å²) >= 11 is 0. The quantitative estimate of drug-likeness (QED) is 0.269. The number of rotatable bonds is 4. The summed E-state index contributed by atoms with van der Waals surface area (Å²) in [7, 11) is 0. The van der Waals surface area contributed by atoms with E-state index < -0.39 is 0 Å². The molecule has 0 aliphatic carbocycles. The lowest BCUT2D eigenvalue weighted by Gasteiger charge is -2.36. The maximum atomic E-state index is 12.2. The van der Waals surface area contributed by atoms with E-state index in [0.717, 1.165) is 12.8 Å². The number of hydrogen-bond donors (Lipinski definition) is 0. The molecule has 200 valence electrons. The predicted molar refractivity (Wildman–Crippen MR) is 160 cm³/mol. The van der Waals surface area contributed by atoms with Crippen LogP contribution in [-0.2, 0) is 35.5 Å². The van der Waals surface area contributed by atoms with Crippen LogP contribution in [0.3, 0.4) is 0 Å². The molecule has 0 saturated heterocycles. The zero-order valence-electron chi connectivity index (χ0n) is 22.7. The third-order valence-corrected chi connectivity index (χ3v) is 7.78. The van der Waals surface area contributed by atoms with Crippen molar-refractivity contribution < 1.29 is 9.59 Å². The third kappa shape index (κ3) is 5.81. The zero-order valence-corrected chi connectivity index (χ0v) is 22.7. The van der Waals surface area contributed by atoms with Crippen molar-refractivity contribution in [2.24, 2.45) is 0 Å². The molecule has 2 heterocycles. The van der Waals surface area contributed by atoms with Gasteiger partial charge in [-0.25, -0.2) is 0 Å². The van der Waals surface area contributed by atoms with E-state index in [9.17, 15) is 9.59 Å². The standard InChI is InChI=1S/2C18H17NO/c2*1-2-18(20)19-13-16-11-7-6-10-15(16)12-17(19)14-8-4-3-5-9-14/h2*2-11,17H,1,12-13H2/t2*17-/m10/s1. The largest absolute Gasteiger partial charge is 0.327 e. The number of amides is 2. The van der Waals surface area contributed by atoms with E-state index in [2.05, 4.69) is 73.8 Å². The van der Waals surface area contributed by atoms with Crippen LogP contribution in [0.5, 0.6) is 0 Å². The van der Waals surface area contributed by atoms with Gasteiger partial charge >= 0.3 is 0 Å². The van der Waals surface area contributed by atoms with E-state index in [1.54, 1.807) is 0 Å². The summed E-state index contributed by atoms with van der Waals surface area (Å²) in [6.07, 6.45) is 4.53.